The molecule has 156 valence electrons. The highest BCUT2D eigenvalue weighted by atomic mass is 16.5. The van der Waals surface area contributed by atoms with E-state index in [1.807, 2.05) is 48.7 Å². The van der Waals surface area contributed by atoms with Crippen LogP contribution in [-0.2, 0) is 4.74 Å². The minimum absolute atomic E-state index is 0.172. The monoisotopic (exact) mass is 403 g/mol. The molecule has 1 N–H and O–H groups in total. The first-order chi connectivity index (χ1) is 14.8. The normalized spacial score (nSPS) is 21.8. The number of ether oxygens (including phenoxy) is 1. The van der Waals surface area contributed by atoms with Crippen LogP contribution in [0.4, 0.5) is 0 Å². The predicted molar refractivity (Wildman–Crippen MR) is 119 cm³/mol. The number of hydrogen-bond acceptors (Lipinski definition) is 4. The van der Waals surface area contributed by atoms with Crippen molar-refractivity contribution in [3.8, 4) is 0 Å². The summed E-state index contributed by atoms with van der Waals surface area (Å²) in [5.74, 6) is 0.172. The lowest BCUT2D eigenvalue weighted by molar-refractivity contribution is 0.0378. The highest BCUT2D eigenvalue weighted by Crippen LogP contribution is 2.30. The van der Waals surface area contributed by atoms with Gasteiger partial charge in [-0.1, -0.05) is 48.5 Å². The number of fused-ring (bicyclic) bond motifs is 1. The number of hydrogen-bond donors (Lipinski definition) is 1. The maximum absolute atomic E-state index is 13.8. The van der Waals surface area contributed by atoms with Crippen molar-refractivity contribution in [2.45, 2.75) is 25.0 Å². The van der Waals surface area contributed by atoms with E-state index >= 15 is 0 Å². The van der Waals surface area contributed by atoms with Gasteiger partial charge < -0.3 is 9.72 Å². The van der Waals surface area contributed by atoms with Crippen molar-refractivity contribution < 1.29 is 9.53 Å². The molecular weight excluding hydrogens is 374 g/mol. The van der Waals surface area contributed by atoms with Gasteiger partial charge >= 0.3 is 0 Å². The lowest BCUT2D eigenvalue weighted by atomic mass is 9.95. The number of aromatic amines is 1. The molecule has 2 aliphatic heterocycles. The van der Waals surface area contributed by atoms with Crippen molar-refractivity contribution in [1.82, 2.24) is 14.8 Å². The number of benzene rings is 2. The van der Waals surface area contributed by atoms with E-state index in [1.54, 1.807) is 0 Å². The topological polar surface area (TPSA) is 48.6 Å². The third-order valence-electron chi connectivity index (χ3n) is 6.48. The molecule has 5 heteroatoms. The molecule has 1 aromatic heterocycles. The fraction of sp³-hybridized carbons (Fsp3) is 0.400. The Morgan fingerprint density at radius 3 is 2.57 bits per heavy atom. The molecule has 0 spiro atoms. The van der Waals surface area contributed by atoms with E-state index in [0.29, 0.717) is 6.10 Å². The summed E-state index contributed by atoms with van der Waals surface area (Å²) in [5, 5.41) is 1.00. The number of H-pyrrole nitrogens is 1. The summed E-state index contributed by atoms with van der Waals surface area (Å²) in [6.45, 7) is 5.65. The summed E-state index contributed by atoms with van der Waals surface area (Å²) < 4.78 is 5.81. The molecule has 2 aliphatic rings. The SMILES string of the molecule is O=C(c1c[nH]c2ccccc12)[C@H](c1ccccc1)N1CCN(C[C@@H]2CCCO2)CC1. The molecule has 0 aliphatic carbocycles. The number of nitrogens with one attached hydrogen (secondary N) is 1. The highest BCUT2D eigenvalue weighted by Gasteiger charge is 2.33. The van der Waals surface area contributed by atoms with Gasteiger partial charge in [-0.3, -0.25) is 14.6 Å². The molecule has 2 saturated heterocycles. The van der Waals surface area contributed by atoms with E-state index in [2.05, 4.69) is 26.9 Å². The molecule has 0 saturated carbocycles. The number of para-hydroxylation sites is 1. The smallest absolute Gasteiger partial charge is 0.186 e. The Morgan fingerprint density at radius 2 is 1.80 bits per heavy atom. The second-order valence-corrected chi connectivity index (χ2v) is 8.40. The summed E-state index contributed by atoms with van der Waals surface area (Å²) in [5.41, 5.74) is 2.86. The number of nitrogens with zero attached hydrogens (tertiary/aromatic N) is 2. The average Bonchev–Trinajstić information content (AvgIpc) is 3.46. The number of carbonyl (C=O) groups is 1. The fourth-order valence-corrected chi connectivity index (χ4v) is 4.87. The summed E-state index contributed by atoms with van der Waals surface area (Å²) in [4.78, 5) is 21.9. The van der Waals surface area contributed by atoms with Gasteiger partial charge in [-0.05, 0) is 24.5 Å². The quantitative estimate of drug-likeness (QED) is 0.635. The van der Waals surface area contributed by atoms with Gasteiger partial charge in [0.05, 0.1) is 12.1 Å². The Balaban J connectivity index is 1.37. The maximum Gasteiger partial charge on any atom is 0.186 e. The van der Waals surface area contributed by atoms with Gasteiger partial charge in [-0.25, -0.2) is 0 Å². The number of rotatable bonds is 6. The van der Waals surface area contributed by atoms with Crippen molar-refractivity contribution in [2.24, 2.45) is 0 Å². The molecule has 30 heavy (non-hydrogen) atoms. The zero-order chi connectivity index (χ0) is 20.3. The molecule has 0 amide bonds. The van der Waals surface area contributed by atoms with Gasteiger partial charge in [0.2, 0.25) is 0 Å². The Bertz CT molecular complexity index is 986. The largest absolute Gasteiger partial charge is 0.377 e. The first-order valence-electron chi connectivity index (χ1n) is 11.0. The Morgan fingerprint density at radius 1 is 1.03 bits per heavy atom. The van der Waals surface area contributed by atoms with Crippen molar-refractivity contribution >= 4 is 16.7 Å². The first kappa shape index (κ1) is 19.5. The van der Waals surface area contributed by atoms with Gasteiger partial charge in [0, 0.05) is 62.0 Å². The molecule has 3 heterocycles. The molecule has 2 aromatic carbocycles. The Kier molecular flexibility index (Phi) is 5.67. The molecule has 0 bridgehead atoms. The lowest BCUT2D eigenvalue weighted by Crippen LogP contribution is -2.50. The van der Waals surface area contributed by atoms with E-state index < -0.39 is 0 Å². The average molecular weight is 404 g/mol. The fourth-order valence-electron chi connectivity index (χ4n) is 4.87. The zero-order valence-electron chi connectivity index (χ0n) is 17.3. The van der Waals surface area contributed by atoms with E-state index in [1.165, 1.54) is 12.8 Å². The van der Waals surface area contributed by atoms with Crippen LogP contribution in [0.1, 0.15) is 34.8 Å². The standard InChI is InChI=1S/C25H29N3O2/c29-25(22-17-26-23-11-5-4-10-21(22)23)24(19-7-2-1-3-8-19)28-14-12-27(13-15-28)18-20-9-6-16-30-20/h1-5,7-8,10-11,17,20,24,26H,6,9,12-16,18H2/t20-,24-/m0/s1. The Labute approximate surface area is 177 Å². The van der Waals surface area contributed by atoms with Gasteiger partial charge in [-0.15, -0.1) is 0 Å². The first-order valence-corrected chi connectivity index (χ1v) is 11.0. The predicted octanol–water partition coefficient (Wildman–Crippen LogP) is 3.89. The van der Waals surface area contributed by atoms with Crippen LogP contribution >= 0.6 is 0 Å². The summed E-state index contributed by atoms with van der Waals surface area (Å²) in [7, 11) is 0. The zero-order valence-corrected chi connectivity index (χ0v) is 17.3. The van der Waals surface area contributed by atoms with E-state index in [0.717, 1.165) is 61.4 Å². The molecule has 2 atom stereocenters. The Hall–Kier alpha value is -2.47. The van der Waals surface area contributed by atoms with Crippen LogP contribution in [0.5, 0.6) is 0 Å². The van der Waals surface area contributed by atoms with Crippen molar-refractivity contribution in [1.29, 1.82) is 0 Å². The van der Waals surface area contributed by atoms with Crippen LogP contribution in [0.15, 0.2) is 60.8 Å². The molecule has 0 unspecified atom stereocenters. The van der Waals surface area contributed by atoms with Crippen LogP contribution in [0.25, 0.3) is 10.9 Å². The number of aromatic nitrogens is 1. The molecule has 2 fully saturated rings. The van der Waals surface area contributed by atoms with Gasteiger partial charge in [0.1, 0.15) is 0 Å². The van der Waals surface area contributed by atoms with Gasteiger partial charge in [-0.2, -0.15) is 0 Å². The molecule has 5 rings (SSSR count). The van der Waals surface area contributed by atoms with Gasteiger partial charge in [0.25, 0.3) is 0 Å². The van der Waals surface area contributed by atoms with E-state index in [9.17, 15) is 4.79 Å². The van der Waals surface area contributed by atoms with Crippen LogP contribution in [0.2, 0.25) is 0 Å². The minimum atomic E-state index is -0.254. The second kappa shape index (κ2) is 8.72. The number of ketones is 1. The third-order valence-corrected chi connectivity index (χ3v) is 6.48. The maximum atomic E-state index is 13.8. The van der Waals surface area contributed by atoms with E-state index in [-0.39, 0.29) is 11.8 Å². The highest BCUT2D eigenvalue weighted by molar-refractivity contribution is 6.10. The van der Waals surface area contributed by atoms with Crippen LogP contribution in [0, 0.1) is 0 Å². The van der Waals surface area contributed by atoms with Crippen LogP contribution in [-0.4, -0.2) is 66.0 Å². The molecule has 0 radical (unpaired) electrons. The van der Waals surface area contributed by atoms with Gasteiger partial charge in [0.15, 0.2) is 5.78 Å². The van der Waals surface area contributed by atoms with Crippen LogP contribution in [0.3, 0.4) is 0 Å². The number of piperazine rings is 1. The summed E-state index contributed by atoms with van der Waals surface area (Å²) in [6, 6.07) is 18.0. The van der Waals surface area contributed by atoms with Crippen LogP contribution < -0.4 is 0 Å². The summed E-state index contributed by atoms with van der Waals surface area (Å²) in [6.07, 6.45) is 4.61. The van der Waals surface area contributed by atoms with E-state index in [4.69, 9.17) is 4.74 Å². The summed E-state index contributed by atoms with van der Waals surface area (Å²) >= 11 is 0. The minimum Gasteiger partial charge on any atom is -0.377 e. The number of Topliss-reactive ketones (excluding diaryl/α,β-unsaturated/α-hetero) is 1. The third kappa shape index (κ3) is 3.93. The van der Waals surface area contributed by atoms with Crippen molar-refractivity contribution in [3.63, 3.8) is 0 Å². The van der Waals surface area contributed by atoms with Crippen molar-refractivity contribution in [2.75, 3.05) is 39.3 Å². The molecular formula is C25H29N3O2. The van der Waals surface area contributed by atoms with Crippen molar-refractivity contribution in [3.05, 3.63) is 71.9 Å². The second-order valence-electron chi connectivity index (χ2n) is 8.40. The number of carbonyl (C=O) groups excluding carboxylic acids is 1. The molecule has 3 aromatic rings. The lowest BCUT2D eigenvalue weighted by Gasteiger charge is -2.39. The molecule has 5 nitrogen and oxygen atoms in total.